The smallest absolute Gasteiger partial charge is 0.237 e. The zero-order valence-corrected chi connectivity index (χ0v) is 18.7. The third-order valence-corrected chi connectivity index (χ3v) is 8.95. The third kappa shape index (κ3) is 4.17. The van der Waals surface area contributed by atoms with E-state index in [9.17, 15) is 13.2 Å². The molecule has 3 heterocycles. The van der Waals surface area contributed by atoms with Gasteiger partial charge in [0.25, 0.3) is 0 Å². The van der Waals surface area contributed by atoms with E-state index in [2.05, 4.69) is 39.9 Å². The fraction of sp³-hybridized carbons (Fsp3) is 0.542. The molecule has 1 saturated heterocycles. The Bertz CT molecular complexity index is 1030. The lowest BCUT2D eigenvalue weighted by atomic mass is 9.99. The Morgan fingerprint density at radius 1 is 0.968 bits per heavy atom. The van der Waals surface area contributed by atoms with Crippen molar-refractivity contribution < 1.29 is 13.2 Å². The summed E-state index contributed by atoms with van der Waals surface area (Å²) in [6, 6.07) is 14.6. The summed E-state index contributed by atoms with van der Waals surface area (Å²) in [7, 11) is -3.03. The van der Waals surface area contributed by atoms with Crippen molar-refractivity contribution in [1.82, 2.24) is 14.4 Å². The number of carbonyl (C=O) groups excluding carboxylic acids is 1. The Morgan fingerprint density at radius 2 is 1.74 bits per heavy atom. The van der Waals surface area contributed by atoms with Gasteiger partial charge < -0.3 is 9.47 Å². The molecule has 1 aromatic heterocycles. The highest BCUT2D eigenvalue weighted by atomic mass is 32.2. The number of amides is 1. The van der Waals surface area contributed by atoms with Crippen molar-refractivity contribution in [2.24, 2.45) is 0 Å². The van der Waals surface area contributed by atoms with Crippen LogP contribution in [0.25, 0.3) is 0 Å². The second-order valence-electron chi connectivity index (χ2n) is 9.21. The Balaban J connectivity index is 1.41. The van der Waals surface area contributed by atoms with Crippen LogP contribution >= 0.6 is 0 Å². The fourth-order valence-corrected chi connectivity index (χ4v) is 7.47. The predicted octanol–water partition coefficient (Wildman–Crippen LogP) is 2.85. The Morgan fingerprint density at radius 3 is 2.45 bits per heavy atom. The molecule has 7 heteroatoms. The van der Waals surface area contributed by atoms with Crippen molar-refractivity contribution >= 4 is 15.7 Å². The van der Waals surface area contributed by atoms with Crippen LogP contribution in [-0.4, -0.2) is 65.4 Å². The SMILES string of the molecule is O=C(CN1CCn2cccc2[C@@H]1c1ccccc1)N(C1CCCC1)[C@H]1CCS(=O)(=O)C1. The van der Waals surface area contributed by atoms with Crippen LogP contribution in [0.3, 0.4) is 0 Å². The third-order valence-electron chi connectivity index (χ3n) is 7.20. The first-order valence-corrected chi connectivity index (χ1v) is 13.3. The minimum absolute atomic E-state index is 0.0339. The number of aromatic nitrogens is 1. The monoisotopic (exact) mass is 441 g/mol. The van der Waals surface area contributed by atoms with Crippen molar-refractivity contribution in [3.63, 3.8) is 0 Å². The highest BCUT2D eigenvalue weighted by molar-refractivity contribution is 7.91. The lowest BCUT2D eigenvalue weighted by Crippen LogP contribution is -2.52. The first kappa shape index (κ1) is 20.8. The van der Waals surface area contributed by atoms with Gasteiger partial charge in [0, 0.05) is 37.1 Å². The molecule has 5 rings (SSSR count). The number of hydrogen-bond donors (Lipinski definition) is 0. The lowest BCUT2D eigenvalue weighted by molar-refractivity contribution is -0.137. The van der Waals surface area contributed by atoms with Crippen LogP contribution in [-0.2, 0) is 21.2 Å². The summed E-state index contributed by atoms with van der Waals surface area (Å²) >= 11 is 0. The van der Waals surface area contributed by atoms with Gasteiger partial charge >= 0.3 is 0 Å². The molecule has 1 aliphatic carbocycles. The minimum Gasteiger partial charge on any atom is -0.348 e. The molecule has 2 aromatic rings. The van der Waals surface area contributed by atoms with Gasteiger partial charge in [0.1, 0.15) is 0 Å². The van der Waals surface area contributed by atoms with Gasteiger partial charge in [0.2, 0.25) is 5.91 Å². The molecule has 2 fully saturated rings. The minimum atomic E-state index is -3.03. The first-order chi connectivity index (χ1) is 15.0. The van der Waals surface area contributed by atoms with Crippen LogP contribution in [0, 0.1) is 0 Å². The van der Waals surface area contributed by atoms with E-state index in [0.717, 1.165) is 38.8 Å². The van der Waals surface area contributed by atoms with Gasteiger partial charge in [-0.1, -0.05) is 43.2 Å². The summed E-state index contributed by atoms with van der Waals surface area (Å²) in [5.41, 5.74) is 2.40. The molecule has 31 heavy (non-hydrogen) atoms. The van der Waals surface area contributed by atoms with Crippen LogP contribution in [0.1, 0.15) is 49.4 Å². The molecule has 0 bridgehead atoms. The highest BCUT2D eigenvalue weighted by Crippen LogP contribution is 2.34. The Kier molecular flexibility index (Phi) is 5.65. The molecule has 0 N–H and O–H groups in total. The molecule has 2 aliphatic heterocycles. The highest BCUT2D eigenvalue weighted by Gasteiger charge is 2.40. The molecule has 1 amide bonds. The van der Waals surface area contributed by atoms with E-state index in [1.54, 1.807) is 0 Å². The van der Waals surface area contributed by atoms with Crippen molar-refractivity contribution in [3.05, 3.63) is 59.9 Å². The average Bonchev–Trinajstić information content (AvgIpc) is 3.50. The van der Waals surface area contributed by atoms with Gasteiger partial charge in [-0.25, -0.2) is 8.42 Å². The number of rotatable bonds is 5. The average molecular weight is 442 g/mol. The molecule has 166 valence electrons. The van der Waals surface area contributed by atoms with Gasteiger partial charge in [-0.3, -0.25) is 9.69 Å². The fourth-order valence-electron chi connectivity index (χ4n) is 5.76. The molecular weight excluding hydrogens is 410 g/mol. The molecular formula is C24H31N3O3S. The van der Waals surface area contributed by atoms with Crippen molar-refractivity contribution in [1.29, 1.82) is 0 Å². The molecule has 0 radical (unpaired) electrons. The Labute approximate surface area is 184 Å². The second-order valence-corrected chi connectivity index (χ2v) is 11.4. The van der Waals surface area contributed by atoms with Gasteiger partial charge in [0.05, 0.1) is 24.1 Å². The van der Waals surface area contributed by atoms with E-state index in [1.165, 1.54) is 11.3 Å². The zero-order valence-electron chi connectivity index (χ0n) is 17.9. The van der Waals surface area contributed by atoms with Crippen LogP contribution in [0.5, 0.6) is 0 Å². The standard InChI is InChI=1S/C24H31N3O3S/c28-23(27(20-9-4-5-10-20)21-12-16-31(29,30)18-21)17-26-15-14-25-13-6-11-22(25)24(26)19-7-2-1-3-8-19/h1-3,6-8,11,13,20-21,24H,4-5,9-10,12,14-18H2/t21-,24-/m0/s1. The van der Waals surface area contributed by atoms with Crippen LogP contribution in [0.2, 0.25) is 0 Å². The summed E-state index contributed by atoms with van der Waals surface area (Å²) in [4.78, 5) is 18.0. The normalized spacial score (nSPS) is 26.1. The maximum absolute atomic E-state index is 13.7. The Hall–Kier alpha value is -2.12. The lowest BCUT2D eigenvalue weighted by Gasteiger charge is -2.40. The largest absolute Gasteiger partial charge is 0.348 e. The number of sulfone groups is 1. The number of carbonyl (C=O) groups is 1. The maximum Gasteiger partial charge on any atom is 0.237 e. The van der Waals surface area contributed by atoms with Crippen LogP contribution < -0.4 is 0 Å². The van der Waals surface area contributed by atoms with E-state index in [4.69, 9.17) is 0 Å². The van der Waals surface area contributed by atoms with E-state index < -0.39 is 9.84 Å². The number of benzene rings is 1. The first-order valence-electron chi connectivity index (χ1n) is 11.5. The van der Waals surface area contributed by atoms with Gasteiger partial charge in [-0.15, -0.1) is 0 Å². The van der Waals surface area contributed by atoms with E-state index in [-0.39, 0.29) is 35.5 Å². The summed E-state index contributed by atoms with van der Waals surface area (Å²) in [5.74, 6) is 0.424. The van der Waals surface area contributed by atoms with Crippen molar-refractivity contribution in [2.45, 2.75) is 56.8 Å². The quantitative estimate of drug-likeness (QED) is 0.716. The van der Waals surface area contributed by atoms with E-state index in [1.807, 2.05) is 23.1 Å². The van der Waals surface area contributed by atoms with Crippen LogP contribution in [0.4, 0.5) is 0 Å². The van der Waals surface area contributed by atoms with Crippen molar-refractivity contribution in [2.75, 3.05) is 24.6 Å². The molecule has 0 unspecified atom stereocenters. The van der Waals surface area contributed by atoms with Gasteiger partial charge in [-0.2, -0.15) is 0 Å². The summed E-state index contributed by atoms with van der Waals surface area (Å²) < 4.78 is 26.6. The predicted molar refractivity (Wildman–Crippen MR) is 120 cm³/mol. The van der Waals surface area contributed by atoms with Gasteiger partial charge in [-0.05, 0) is 37.0 Å². The summed E-state index contributed by atoms with van der Waals surface area (Å²) in [5, 5.41) is 0. The van der Waals surface area contributed by atoms with E-state index in [0.29, 0.717) is 13.0 Å². The molecule has 6 nitrogen and oxygen atoms in total. The molecule has 2 atom stereocenters. The molecule has 0 spiro atoms. The van der Waals surface area contributed by atoms with Crippen LogP contribution in [0.15, 0.2) is 48.7 Å². The maximum atomic E-state index is 13.7. The number of hydrogen-bond acceptors (Lipinski definition) is 4. The molecule has 1 aromatic carbocycles. The van der Waals surface area contributed by atoms with Gasteiger partial charge in [0.15, 0.2) is 9.84 Å². The number of nitrogens with zero attached hydrogens (tertiary/aromatic N) is 3. The summed E-state index contributed by atoms with van der Waals surface area (Å²) in [6.45, 7) is 1.99. The topological polar surface area (TPSA) is 62.6 Å². The van der Waals surface area contributed by atoms with Crippen molar-refractivity contribution in [3.8, 4) is 0 Å². The molecule has 1 saturated carbocycles. The zero-order chi connectivity index (χ0) is 21.4. The second kappa shape index (κ2) is 8.43. The molecule has 3 aliphatic rings. The number of fused-ring (bicyclic) bond motifs is 1. The van der Waals surface area contributed by atoms with E-state index >= 15 is 0 Å². The summed E-state index contributed by atoms with van der Waals surface area (Å²) in [6.07, 6.45) is 6.92.